The molecule has 3 rings (SSSR count). The van der Waals surface area contributed by atoms with E-state index in [0.29, 0.717) is 17.8 Å². The van der Waals surface area contributed by atoms with E-state index in [0.717, 1.165) is 11.3 Å². The summed E-state index contributed by atoms with van der Waals surface area (Å²) in [6.07, 6.45) is 0. The number of aromatic nitrogens is 3. The molecule has 0 aliphatic rings. The molecule has 5 nitrogen and oxygen atoms in total. The van der Waals surface area contributed by atoms with Crippen molar-refractivity contribution >= 4 is 11.3 Å². The molecule has 0 bridgehead atoms. The zero-order valence-corrected chi connectivity index (χ0v) is 13.5. The average molecular weight is 309 g/mol. The molecule has 2 heterocycles. The molecule has 118 valence electrons. The predicted octanol–water partition coefficient (Wildman–Crippen LogP) is 2.69. The lowest BCUT2D eigenvalue weighted by atomic mass is 10.1. The van der Waals surface area contributed by atoms with Gasteiger partial charge in [-0.2, -0.15) is 9.61 Å². The number of fused-ring (bicyclic) bond motifs is 1. The third-order valence-corrected chi connectivity index (χ3v) is 3.81. The van der Waals surface area contributed by atoms with E-state index in [1.807, 2.05) is 57.2 Å². The summed E-state index contributed by atoms with van der Waals surface area (Å²) in [4.78, 5) is 25.4. The van der Waals surface area contributed by atoms with Crippen LogP contribution in [0.3, 0.4) is 0 Å². The second kappa shape index (κ2) is 5.83. The van der Waals surface area contributed by atoms with E-state index in [1.54, 1.807) is 6.07 Å². The van der Waals surface area contributed by atoms with Gasteiger partial charge < -0.3 is 0 Å². The Morgan fingerprint density at radius 3 is 2.52 bits per heavy atom. The van der Waals surface area contributed by atoms with E-state index in [4.69, 9.17) is 0 Å². The summed E-state index contributed by atoms with van der Waals surface area (Å²) in [6, 6.07) is 13.2. The molecule has 0 radical (unpaired) electrons. The van der Waals surface area contributed by atoms with Crippen LogP contribution >= 0.6 is 0 Å². The summed E-state index contributed by atoms with van der Waals surface area (Å²) >= 11 is 0. The highest BCUT2D eigenvalue weighted by Crippen LogP contribution is 2.13. The fraction of sp³-hybridized carbons (Fsp3) is 0.278. The van der Waals surface area contributed by atoms with E-state index in [1.165, 1.54) is 9.08 Å². The lowest BCUT2D eigenvalue weighted by molar-refractivity contribution is 0.0928. The molecule has 0 aliphatic carbocycles. The van der Waals surface area contributed by atoms with E-state index in [9.17, 15) is 9.59 Å². The SMILES string of the molecule is Cc1cc2cc(C(=O)C(C)C)n(Cc3ccccc3)c(=O)n2n1. The summed E-state index contributed by atoms with van der Waals surface area (Å²) in [5.74, 6) is -0.220. The van der Waals surface area contributed by atoms with Crippen LogP contribution in [0.5, 0.6) is 0 Å². The molecule has 23 heavy (non-hydrogen) atoms. The maximum absolute atomic E-state index is 12.8. The normalized spacial score (nSPS) is 11.3. The third kappa shape index (κ3) is 2.82. The topological polar surface area (TPSA) is 56.4 Å². The lowest BCUT2D eigenvalue weighted by Gasteiger charge is -2.14. The molecule has 3 aromatic rings. The number of carbonyl (C=O) groups is 1. The van der Waals surface area contributed by atoms with Gasteiger partial charge in [0.1, 0.15) is 0 Å². The van der Waals surface area contributed by atoms with Gasteiger partial charge in [-0.15, -0.1) is 0 Å². The predicted molar refractivity (Wildman–Crippen MR) is 88.9 cm³/mol. The minimum atomic E-state index is -0.288. The van der Waals surface area contributed by atoms with Gasteiger partial charge in [0.2, 0.25) is 0 Å². The molecule has 2 aromatic heterocycles. The Morgan fingerprint density at radius 2 is 1.87 bits per heavy atom. The number of rotatable bonds is 4. The molecule has 0 spiro atoms. The second-order valence-corrected chi connectivity index (χ2v) is 6.03. The highest BCUT2D eigenvalue weighted by molar-refractivity contribution is 5.96. The molecular formula is C18H19N3O2. The van der Waals surface area contributed by atoms with Gasteiger partial charge in [-0.3, -0.25) is 9.36 Å². The van der Waals surface area contributed by atoms with Crippen LogP contribution in [-0.4, -0.2) is 20.0 Å². The molecule has 0 aliphatic heterocycles. The molecule has 0 atom stereocenters. The Bertz CT molecular complexity index is 921. The van der Waals surface area contributed by atoms with Gasteiger partial charge in [0.05, 0.1) is 23.4 Å². The number of aryl methyl sites for hydroxylation is 1. The Balaban J connectivity index is 2.23. The Kier molecular flexibility index (Phi) is 3.86. The van der Waals surface area contributed by atoms with Crippen molar-refractivity contribution in [1.82, 2.24) is 14.2 Å². The van der Waals surface area contributed by atoms with Gasteiger partial charge in [-0.05, 0) is 24.6 Å². The number of Topliss-reactive ketones (excluding diaryl/α,β-unsaturated/α-hetero) is 1. The number of hydrogen-bond acceptors (Lipinski definition) is 3. The molecular weight excluding hydrogens is 290 g/mol. The van der Waals surface area contributed by atoms with Crippen LogP contribution in [0.25, 0.3) is 5.52 Å². The van der Waals surface area contributed by atoms with Crippen molar-refractivity contribution in [2.75, 3.05) is 0 Å². The first-order valence-electron chi connectivity index (χ1n) is 7.65. The van der Waals surface area contributed by atoms with Gasteiger partial charge in [-0.1, -0.05) is 44.2 Å². The molecule has 0 N–H and O–H groups in total. The van der Waals surface area contributed by atoms with Crippen molar-refractivity contribution < 1.29 is 4.79 Å². The van der Waals surface area contributed by atoms with E-state index < -0.39 is 0 Å². The summed E-state index contributed by atoms with van der Waals surface area (Å²) < 4.78 is 2.87. The number of hydrogen-bond donors (Lipinski definition) is 0. The molecule has 5 heteroatoms. The molecule has 1 aromatic carbocycles. The lowest BCUT2D eigenvalue weighted by Crippen LogP contribution is -2.33. The van der Waals surface area contributed by atoms with Crippen LogP contribution in [0.4, 0.5) is 0 Å². The summed E-state index contributed by atoms with van der Waals surface area (Å²) in [7, 11) is 0. The van der Waals surface area contributed by atoms with E-state index in [2.05, 4.69) is 5.10 Å². The molecule has 0 unspecified atom stereocenters. The first-order valence-corrected chi connectivity index (χ1v) is 7.65. The summed E-state index contributed by atoms with van der Waals surface area (Å²) in [5, 5.41) is 4.23. The number of benzene rings is 1. The molecule has 0 saturated carbocycles. The van der Waals surface area contributed by atoms with Crippen LogP contribution in [0.1, 0.15) is 35.6 Å². The van der Waals surface area contributed by atoms with Crippen molar-refractivity contribution in [3.63, 3.8) is 0 Å². The van der Waals surface area contributed by atoms with Crippen molar-refractivity contribution in [1.29, 1.82) is 0 Å². The number of nitrogens with zero attached hydrogens (tertiary/aromatic N) is 3. The second-order valence-electron chi connectivity index (χ2n) is 6.03. The first kappa shape index (κ1) is 15.2. The number of carbonyl (C=O) groups excluding carboxylic acids is 1. The Hall–Kier alpha value is -2.69. The largest absolute Gasteiger partial charge is 0.350 e. The van der Waals surface area contributed by atoms with Crippen LogP contribution < -0.4 is 5.69 Å². The van der Waals surface area contributed by atoms with Gasteiger partial charge in [0.15, 0.2) is 5.78 Å². The van der Waals surface area contributed by atoms with E-state index in [-0.39, 0.29) is 17.4 Å². The van der Waals surface area contributed by atoms with Crippen LogP contribution in [0.15, 0.2) is 47.3 Å². The van der Waals surface area contributed by atoms with Crippen LogP contribution in [0, 0.1) is 12.8 Å². The maximum atomic E-state index is 12.8. The Morgan fingerprint density at radius 1 is 1.17 bits per heavy atom. The van der Waals surface area contributed by atoms with Gasteiger partial charge >= 0.3 is 5.69 Å². The highest BCUT2D eigenvalue weighted by atomic mass is 16.2. The monoisotopic (exact) mass is 309 g/mol. The highest BCUT2D eigenvalue weighted by Gasteiger charge is 2.19. The van der Waals surface area contributed by atoms with Crippen molar-refractivity contribution in [3.05, 3.63) is 69.9 Å². The first-order chi connectivity index (χ1) is 11.0. The smallest absolute Gasteiger partial charge is 0.292 e. The minimum Gasteiger partial charge on any atom is -0.292 e. The Labute approximate surface area is 134 Å². The fourth-order valence-corrected chi connectivity index (χ4v) is 2.63. The fourth-order valence-electron chi connectivity index (χ4n) is 2.63. The third-order valence-electron chi connectivity index (χ3n) is 3.81. The van der Waals surface area contributed by atoms with Crippen molar-refractivity contribution in [2.24, 2.45) is 5.92 Å². The van der Waals surface area contributed by atoms with Gasteiger partial charge in [0, 0.05) is 5.92 Å². The van der Waals surface area contributed by atoms with Crippen molar-refractivity contribution in [2.45, 2.75) is 27.3 Å². The average Bonchev–Trinajstić information content (AvgIpc) is 2.91. The maximum Gasteiger partial charge on any atom is 0.350 e. The van der Waals surface area contributed by atoms with Crippen LogP contribution in [-0.2, 0) is 6.54 Å². The molecule has 0 saturated heterocycles. The molecule has 0 fully saturated rings. The quantitative estimate of drug-likeness (QED) is 0.696. The standard InChI is InChI=1S/C18H19N3O2/c1-12(2)17(22)16-10-15-9-13(3)19-21(15)18(23)20(16)11-14-7-5-4-6-8-14/h4-10,12H,11H2,1-3H3. The zero-order chi connectivity index (χ0) is 16.6. The number of ketones is 1. The summed E-state index contributed by atoms with van der Waals surface area (Å²) in [6.45, 7) is 5.86. The summed E-state index contributed by atoms with van der Waals surface area (Å²) in [5.41, 5.74) is 2.52. The van der Waals surface area contributed by atoms with E-state index >= 15 is 0 Å². The van der Waals surface area contributed by atoms with Crippen molar-refractivity contribution in [3.8, 4) is 0 Å². The minimum absolute atomic E-state index is 0.0422. The van der Waals surface area contributed by atoms with Gasteiger partial charge in [0.25, 0.3) is 0 Å². The zero-order valence-electron chi connectivity index (χ0n) is 13.5. The van der Waals surface area contributed by atoms with Crippen LogP contribution in [0.2, 0.25) is 0 Å². The van der Waals surface area contributed by atoms with Gasteiger partial charge in [-0.25, -0.2) is 4.79 Å². The molecule has 0 amide bonds.